The van der Waals surface area contributed by atoms with E-state index >= 15 is 0 Å². The molecule has 0 spiro atoms. The van der Waals surface area contributed by atoms with E-state index in [2.05, 4.69) is 5.32 Å². The summed E-state index contributed by atoms with van der Waals surface area (Å²) in [6, 6.07) is 2.94. The number of nitrogens with zero attached hydrogens (tertiary/aromatic N) is 1. The van der Waals surface area contributed by atoms with Gasteiger partial charge in [-0.3, -0.25) is 0 Å². The zero-order valence-corrected chi connectivity index (χ0v) is 8.87. The van der Waals surface area contributed by atoms with Crippen molar-refractivity contribution in [3.05, 3.63) is 23.3 Å². The number of hydrogen-bond acceptors (Lipinski definition) is 3. The summed E-state index contributed by atoms with van der Waals surface area (Å²) in [5, 5.41) is 13.1. The Hall–Kier alpha value is -1.35. The zero-order valence-electron chi connectivity index (χ0n) is 8.06. The summed E-state index contributed by atoms with van der Waals surface area (Å²) in [5.74, 6) is 0. The third kappa shape index (κ3) is 1.83. The summed E-state index contributed by atoms with van der Waals surface area (Å²) in [4.78, 5) is -0.0162. The second kappa shape index (κ2) is 3.91. The van der Waals surface area contributed by atoms with Crippen molar-refractivity contribution in [2.75, 3.05) is 11.9 Å². The first-order chi connectivity index (χ1) is 7.54. The molecule has 0 aliphatic carbocycles. The fraction of sp³-hybridized carbons (Fsp3) is 0.300. The molecule has 0 bridgehead atoms. The second-order valence-corrected chi connectivity index (χ2v) is 4.16. The van der Waals surface area contributed by atoms with Gasteiger partial charge in [-0.2, -0.15) is 18.4 Å². The summed E-state index contributed by atoms with van der Waals surface area (Å²) in [6.07, 6.45) is -4.06. The third-order valence-corrected chi connectivity index (χ3v) is 3.06. The summed E-state index contributed by atoms with van der Waals surface area (Å²) in [6.45, 7) is 0.513. The molecule has 1 aromatic rings. The molecule has 2 nitrogen and oxygen atoms in total. The van der Waals surface area contributed by atoms with Gasteiger partial charge in [-0.05, 0) is 35.9 Å². The van der Waals surface area contributed by atoms with Gasteiger partial charge in [-0.25, -0.2) is 0 Å². The van der Waals surface area contributed by atoms with Crippen molar-refractivity contribution in [1.29, 1.82) is 5.26 Å². The molecule has 1 N–H and O–H groups in total. The highest BCUT2D eigenvalue weighted by molar-refractivity contribution is 8.03. The summed E-state index contributed by atoms with van der Waals surface area (Å²) in [7, 11) is 0. The van der Waals surface area contributed by atoms with Crippen LogP contribution in [0.1, 0.15) is 11.1 Å². The van der Waals surface area contributed by atoms with Gasteiger partial charge >= 0.3 is 6.18 Å². The number of nitriles is 1. The van der Waals surface area contributed by atoms with Crippen molar-refractivity contribution in [2.24, 2.45) is 0 Å². The molecule has 0 saturated heterocycles. The Bertz CT molecular complexity index is 462. The van der Waals surface area contributed by atoms with Crippen molar-refractivity contribution < 1.29 is 13.2 Å². The van der Waals surface area contributed by atoms with Crippen molar-refractivity contribution in [1.82, 2.24) is 0 Å². The Morgan fingerprint density at radius 2 is 2.12 bits per heavy atom. The predicted molar refractivity (Wildman–Crippen MR) is 55.1 cm³/mol. The van der Waals surface area contributed by atoms with Crippen LogP contribution in [-0.2, 0) is 12.6 Å². The first kappa shape index (κ1) is 11.1. The average molecular weight is 244 g/mol. The van der Waals surface area contributed by atoms with Crippen molar-refractivity contribution in [2.45, 2.75) is 17.5 Å². The summed E-state index contributed by atoms with van der Waals surface area (Å²) in [5.41, 5.74) is 0.129. The lowest BCUT2D eigenvalue weighted by Gasteiger charge is -2.14. The van der Waals surface area contributed by atoms with E-state index < -0.39 is 11.7 Å². The lowest BCUT2D eigenvalue weighted by atomic mass is 10.0. The van der Waals surface area contributed by atoms with E-state index in [4.69, 9.17) is 5.26 Å². The fourth-order valence-corrected chi connectivity index (χ4v) is 2.39. The minimum atomic E-state index is -4.41. The van der Waals surface area contributed by atoms with Gasteiger partial charge in [0.05, 0.1) is 5.56 Å². The maximum absolute atomic E-state index is 12.9. The van der Waals surface area contributed by atoms with E-state index in [-0.39, 0.29) is 10.5 Å². The molecule has 0 amide bonds. The van der Waals surface area contributed by atoms with Crippen LogP contribution < -0.4 is 5.32 Å². The molecule has 0 radical (unpaired) electrons. The standard InChI is InChI=1S/C10H7F3N2S/c11-10(12,13)9-6-3-4-15-7(6)1-2-8(9)16-5-14/h1-2,15H,3-4H2. The largest absolute Gasteiger partial charge is 0.417 e. The number of thioether (sulfide) groups is 1. The molecule has 84 valence electrons. The van der Waals surface area contributed by atoms with Gasteiger partial charge in [0.1, 0.15) is 5.40 Å². The quantitative estimate of drug-likeness (QED) is 0.608. The molecule has 1 aromatic carbocycles. The number of anilines is 1. The SMILES string of the molecule is N#CSc1ccc2c(c1C(F)(F)F)CCN2. The minimum Gasteiger partial charge on any atom is -0.384 e. The Balaban J connectivity index is 2.61. The molecule has 0 aromatic heterocycles. The second-order valence-electron chi connectivity index (χ2n) is 3.33. The van der Waals surface area contributed by atoms with Gasteiger partial charge in [0.2, 0.25) is 0 Å². The number of halogens is 3. The Labute approximate surface area is 94.4 Å². The van der Waals surface area contributed by atoms with E-state index in [1.807, 2.05) is 0 Å². The number of hydrogen-bond donors (Lipinski definition) is 1. The summed E-state index contributed by atoms with van der Waals surface area (Å²) >= 11 is 0.553. The van der Waals surface area contributed by atoms with Crippen LogP contribution in [0.3, 0.4) is 0 Å². The third-order valence-electron chi connectivity index (χ3n) is 2.40. The highest BCUT2D eigenvalue weighted by atomic mass is 32.2. The van der Waals surface area contributed by atoms with Crippen LogP contribution in [-0.4, -0.2) is 6.54 Å². The molecular formula is C10H7F3N2S. The molecule has 1 heterocycles. The van der Waals surface area contributed by atoms with E-state index in [1.54, 1.807) is 11.5 Å². The number of rotatable bonds is 1. The maximum Gasteiger partial charge on any atom is 0.417 e. The van der Waals surface area contributed by atoms with Crippen LogP contribution in [0.15, 0.2) is 17.0 Å². The number of alkyl halides is 3. The first-order valence-electron chi connectivity index (χ1n) is 4.57. The van der Waals surface area contributed by atoms with Gasteiger partial charge in [0.15, 0.2) is 0 Å². The topological polar surface area (TPSA) is 35.8 Å². The molecule has 2 rings (SSSR count). The van der Waals surface area contributed by atoms with Crippen LogP contribution in [0, 0.1) is 10.7 Å². The molecule has 1 aliphatic rings. The molecule has 6 heteroatoms. The van der Waals surface area contributed by atoms with Gasteiger partial charge in [-0.1, -0.05) is 0 Å². The average Bonchev–Trinajstić information content (AvgIpc) is 2.63. The lowest BCUT2D eigenvalue weighted by molar-refractivity contribution is -0.140. The molecule has 16 heavy (non-hydrogen) atoms. The van der Waals surface area contributed by atoms with Gasteiger partial charge in [0, 0.05) is 17.1 Å². The monoisotopic (exact) mass is 244 g/mol. The van der Waals surface area contributed by atoms with Crippen LogP contribution in [0.25, 0.3) is 0 Å². The zero-order chi connectivity index (χ0) is 11.8. The van der Waals surface area contributed by atoms with E-state index in [0.717, 1.165) is 0 Å². The molecular weight excluding hydrogens is 237 g/mol. The molecule has 0 saturated carbocycles. The molecule has 0 atom stereocenters. The van der Waals surface area contributed by atoms with Crippen molar-refractivity contribution in [3.63, 3.8) is 0 Å². The van der Waals surface area contributed by atoms with E-state index in [9.17, 15) is 13.2 Å². The smallest absolute Gasteiger partial charge is 0.384 e. The molecule has 0 unspecified atom stereocenters. The van der Waals surface area contributed by atoms with Crippen LogP contribution in [0.5, 0.6) is 0 Å². The minimum absolute atomic E-state index is 0.0162. The van der Waals surface area contributed by atoms with E-state index in [0.29, 0.717) is 30.4 Å². The molecule has 1 aliphatic heterocycles. The van der Waals surface area contributed by atoms with Gasteiger partial charge in [-0.15, -0.1) is 0 Å². The highest BCUT2D eigenvalue weighted by Gasteiger charge is 2.38. The van der Waals surface area contributed by atoms with Gasteiger partial charge in [0.25, 0.3) is 0 Å². The fourth-order valence-electron chi connectivity index (χ4n) is 1.82. The first-order valence-corrected chi connectivity index (χ1v) is 5.38. The Kier molecular flexibility index (Phi) is 2.72. The predicted octanol–water partition coefficient (Wildman–Crippen LogP) is 3.25. The lowest BCUT2D eigenvalue weighted by Crippen LogP contribution is -2.10. The van der Waals surface area contributed by atoms with E-state index in [1.165, 1.54) is 6.07 Å². The summed E-state index contributed by atoms with van der Waals surface area (Å²) < 4.78 is 38.6. The maximum atomic E-state index is 12.9. The van der Waals surface area contributed by atoms with Crippen LogP contribution in [0.4, 0.5) is 18.9 Å². The number of benzene rings is 1. The Morgan fingerprint density at radius 1 is 1.38 bits per heavy atom. The number of fused-ring (bicyclic) bond motifs is 1. The Morgan fingerprint density at radius 3 is 2.75 bits per heavy atom. The number of thiocyanates is 1. The highest BCUT2D eigenvalue weighted by Crippen LogP contribution is 2.42. The van der Waals surface area contributed by atoms with Gasteiger partial charge < -0.3 is 5.32 Å². The van der Waals surface area contributed by atoms with Crippen LogP contribution >= 0.6 is 11.8 Å². The number of nitrogens with one attached hydrogen (secondary N) is 1. The van der Waals surface area contributed by atoms with Crippen molar-refractivity contribution in [3.8, 4) is 5.40 Å². The molecule has 0 fully saturated rings. The van der Waals surface area contributed by atoms with Crippen molar-refractivity contribution >= 4 is 17.4 Å². The van der Waals surface area contributed by atoms with Crippen LogP contribution in [0.2, 0.25) is 0 Å². The normalized spacial score (nSPS) is 14.1.